The molecule has 0 amide bonds. The molecule has 4 fully saturated rings. The number of rotatable bonds is 5. The molecule has 0 radical (unpaired) electrons. The molecular formula is C15H27N3. The van der Waals surface area contributed by atoms with Gasteiger partial charge in [-0.05, 0) is 63.5 Å². The van der Waals surface area contributed by atoms with E-state index in [1.54, 1.807) is 0 Å². The van der Waals surface area contributed by atoms with Gasteiger partial charge in [0, 0.05) is 31.2 Å². The smallest absolute Gasteiger partial charge is 0.0387 e. The van der Waals surface area contributed by atoms with Gasteiger partial charge in [-0.15, -0.1) is 0 Å². The largest absolute Gasteiger partial charge is 0.329 e. The van der Waals surface area contributed by atoms with Gasteiger partial charge in [0.1, 0.15) is 0 Å². The molecule has 3 atom stereocenters. The molecule has 0 aromatic heterocycles. The second kappa shape index (κ2) is 4.19. The van der Waals surface area contributed by atoms with Crippen LogP contribution in [0.15, 0.2) is 0 Å². The molecule has 4 rings (SSSR count). The van der Waals surface area contributed by atoms with E-state index >= 15 is 0 Å². The quantitative estimate of drug-likeness (QED) is 0.797. The standard InChI is InChI=1S/C15H27N3/c16-11-15(6-8-17-7-5-13(15)10-17)18(14-3-4-14)9-12-1-2-12/h12-14H,1-11,16H2. The third-order valence-corrected chi connectivity index (χ3v) is 5.96. The maximum atomic E-state index is 6.33. The van der Waals surface area contributed by atoms with Gasteiger partial charge in [-0.2, -0.15) is 0 Å². The number of nitrogens with zero attached hydrogens (tertiary/aromatic N) is 2. The monoisotopic (exact) mass is 249 g/mol. The Morgan fingerprint density at radius 1 is 1.11 bits per heavy atom. The highest BCUT2D eigenvalue weighted by Gasteiger charge is 2.53. The second-order valence-electron chi connectivity index (χ2n) is 7.17. The van der Waals surface area contributed by atoms with Crippen molar-refractivity contribution in [1.82, 2.24) is 9.80 Å². The molecule has 0 aromatic rings. The van der Waals surface area contributed by atoms with Crippen LogP contribution in [-0.2, 0) is 0 Å². The van der Waals surface area contributed by atoms with Crippen molar-refractivity contribution in [2.45, 2.75) is 50.1 Å². The van der Waals surface area contributed by atoms with E-state index in [9.17, 15) is 0 Å². The number of hydrogen-bond acceptors (Lipinski definition) is 3. The summed E-state index contributed by atoms with van der Waals surface area (Å²) in [6.07, 6.45) is 8.54. The third kappa shape index (κ3) is 1.83. The first-order valence-electron chi connectivity index (χ1n) is 8.01. The fraction of sp³-hybridized carbons (Fsp3) is 1.00. The molecule has 3 nitrogen and oxygen atoms in total. The fourth-order valence-corrected chi connectivity index (χ4v) is 4.45. The van der Waals surface area contributed by atoms with Crippen molar-refractivity contribution in [2.24, 2.45) is 17.6 Å². The number of nitrogens with two attached hydrogens (primary N) is 1. The van der Waals surface area contributed by atoms with Gasteiger partial charge in [0.25, 0.3) is 0 Å². The molecule has 4 aliphatic rings. The van der Waals surface area contributed by atoms with Gasteiger partial charge in [-0.1, -0.05) is 0 Å². The highest BCUT2D eigenvalue weighted by molar-refractivity contribution is 5.09. The van der Waals surface area contributed by atoms with E-state index in [2.05, 4.69) is 9.80 Å². The van der Waals surface area contributed by atoms with Crippen molar-refractivity contribution in [3.05, 3.63) is 0 Å². The van der Waals surface area contributed by atoms with E-state index in [0.717, 1.165) is 24.4 Å². The number of hydrogen-bond donors (Lipinski definition) is 1. The van der Waals surface area contributed by atoms with Crippen LogP contribution in [0.5, 0.6) is 0 Å². The number of fused-ring (bicyclic) bond motifs is 2. The van der Waals surface area contributed by atoms with Gasteiger partial charge in [0.15, 0.2) is 0 Å². The first-order valence-corrected chi connectivity index (χ1v) is 8.01. The first-order chi connectivity index (χ1) is 8.82. The maximum Gasteiger partial charge on any atom is 0.0387 e. The molecule has 0 aromatic carbocycles. The molecule has 2 N–H and O–H groups in total. The van der Waals surface area contributed by atoms with Crippen LogP contribution in [0, 0.1) is 11.8 Å². The molecule has 2 bridgehead atoms. The SMILES string of the molecule is NCC1(N(CC2CC2)C2CC2)CCN2CCC1C2. The molecular weight excluding hydrogens is 222 g/mol. The Labute approximate surface area is 111 Å². The van der Waals surface area contributed by atoms with Crippen molar-refractivity contribution < 1.29 is 0 Å². The highest BCUT2D eigenvalue weighted by atomic mass is 15.3. The Kier molecular flexibility index (Phi) is 2.72. The van der Waals surface area contributed by atoms with E-state index in [-0.39, 0.29) is 0 Å². The van der Waals surface area contributed by atoms with Gasteiger partial charge in [0.2, 0.25) is 0 Å². The molecule has 2 aliphatic carbocycles. The van der Waals surface area contributed by atoms with Crippen molar-refractivity contribution >= 4 is 0 Å². The van der Waals surface area contributed by atoms with Crippen LogP contribution in [0.4, 0.5) is 0 Å². The minimum absolute atomic E-state index is 0.372. The van der Waals surface area contributed by atoms with Crippen molar-refractivity contribution in [2.75, 3.05) is 32.7 Å². The van der Waals surface area contributed by atoms with Crippen LogP contribution < -0.4 is 5.73 Å². The molecule has 3 unspecified atom stereocenters. The predicted molar refractivity (Wildman–Crippen MR) is 73.4 cm³/mol. The van der Waals surface area contributed by atoms with Gasteiger partial charge in [0.05, 0.1) is 0 Å². The minimum atomic E-state index is 0.372. The van der Waals surface area contributed by atoms with E-state index in [4.69, 9.17) is 5.73 Å². The van der Waals surface area contributed by atoms with Crippen LogP contribution in [0.25, 0.3) is 0 Å². The Bertz CT molecular complexity index is 324. The Morgan fingerprint density at radius 2 is 1.94 bits per heavy atom. The number of piperidine rings is 1. The lowest BCUT2D eigenvalue weighted by Crippen LogP contribution is -2.63. The summed E-state index contributed by atoms with van der Waals surface area (Å²) in [4.78, 5) is 5.55. The first kappa shape index (κ1) is 11.7. The predicted octanol–water partition coefficient (Wildman–Crippen LogP) is 1.28. The summed E-state index contributed by atoms with van der Waals surface area (Å²) < 4.78 is 0. The van der Waals surface area contributed by atoms with Crippen LogP contribution >= 0.6 is 0 Å². The lowest BCUT2D eigenvalue weighted by atomic mass is 9.77. The summed E-state index contributed by atoms with van der Waals surface area (Å²) in [6.45, 7) is 6.20. The van der Waals surface area contributed by atoms with Crippen LogP contribution in [-0.4, -0.2) is 54.1 Å². The summed E-state index contributed by atoms with van der Waals surface area (Å²) in [5.41, 5.74) is 6.70. The molecule has 0 spiro atoms. The summed E-state index contributed by atoms with van der Waals surface area (Å²) in [5, 5.41) is 0. The normalized spacial score (nSPS) is 43.7. The summed E-state index contributed by atoms with van der Waals surface area (Å²) in [5.74, 6) is 1.86. The van der Waals surface area contributed by atoms with Gasteiger partial charge < -0.3 is 10.6 Å². The molecule has 18 heavy (non-hydrogen) atoms. The molecule has 2 saturated carbocycles. The zero-order chi connectivity index (χ0) is 12.2. The Balaban J connectivity index is 1.59. The summed E-state index contributed by atoms with van der Waals surface area (Å²) in [6, 6.07) is 0.890. The lowest BCUT2D eigenvalue weighted by Gasteiger charge is -2.50. The van der Waals surface area contributed by atoms with Gasteiger partial charge in [-0.3, -0.25) is 4.90 Å². The van der Waals surface area contributed by atoms with Gasteiger partial charge in [-0.25, -0.2) is 0 Å². The van der Waals surface area contributed by atoms with E-state index in [1.165, 1.54) is 64.7 Å². The topological polar surface area (TPSA) is 32.5 Å². The molecule has 3 heteroatoms. The minimum Gasteiger partial charge on any atom is -0.329 e. The molecule has 2 heterocycles. The lowest BCUT2D eigenvalue weighted by molar-refractivity contribution is -0.00191. The summed E-state index contributed by atoms with van der Waals surface area (Å²) in [7, 11) is 0. The third-order valence-electron chi connectivity index (χ3n) is 5.96. The maximum absolute atomic E-state index is 6.33. The van der Waals surface area contributed by atoms with E-state index < -0.39 is 0 Å². The highest BCUT2D eigenvalue weighted by Crippen LogP contribution is 2.46. The summed E-state index contributed by atoms with van der Waals surface area (Å²) >= 11 is 0. The van der Waals surface area contributed by atoms with Crippen molar-refractivity contribution in [1.29, 1.82) is 0 Å². The fourth-order valence-electron chi connectivity index (χ4n) is 4.45. The molecule has 2 saturated heterocycles. The zero-order valence-electron chi connectivity index (χ0n) is 11.5. The van der Waals surface area contributed by atoms with Crippen LogP contribution in [0.1, 0.15) is 38.5 Å². The average molecular weight is 249 g/mol. The Morgan fingerprint density at radius 3 is 2.61 bits per heavy atom. The van der Waals surface area contributed by atoms with Crippen molar-refractivity contribution in [3.63, 3.8) is 0 Å². The zero-order valence-corrected chi connectivity index (χ0v) is 11.5. The van der Waals surface area contributed by atoms with E-state index in [0.29, 0.717) is 5.54 Å². The van der Waals surface area contributed by atoms with Gasteiger partial charge >= 0.3 is 0 Å². The van der Waals surface area contributed by atoms with Crippen molar-refractivity contribution in [3.8, 4) is 0 Å². The Hall–Kier alpha value is -0.120. The van der Waals surface area contributed by atoms with Crippen LogP contribution in [0.3, 0.4) is 0 Å². The second-order valence-corrected chi connectivity index (χ2v) is 7.17. The van der Waals surface area contributed by atoms with Crippen LogP contribution in [0.2, 0.25) is 0 Å². The average Bonchev–Trinajstić information content (AvgIpc) is 3.29. The van der Waals surface area contributed by atoms with E-state index in [1.807, 2.05) is 0 Å². The molecule has 102 valence electrons. The molecule has 2 aliphatic heterocycles.